The Morgan fingerprint density at radius 2 is 1.81 bits per heavy atom. The number of carbonyl (C=O) groups excluding carboxylic acids is 2. The standard InChI is InChI=1S/C22H25NO4/c1-26-19-9-7-18(8-10-19)20(24)11-12-21(25)22-16-23(13-14-27-22)15-17-5-3-2-4-6-17/h2-10,22H,11-16H2,1H3. The number of morpholine rings is 1. The summed E-state index contributed by atoms with van der Waals surface area (Å²) in [6.45, 7) is 2.72. The van der Waals surface area contributed by atoms with Crippen molar-refractivity contribution in [2.75, 3.05) is 26.8 Å². The average molecular weight is 367 g/mol. The second kappa shape index (κ2) is 9.44. The fraction of sp³-hybridized carbons (Fsp3) is 0.364. The summed E-state index contributed by atoms with van der Waals surface area (Å²) in [5.74, 6) is 0.661. The molecule has 3 rings (SSSR count). The van der Waals surface area contributed by atoms with Crippen LogP contribution in [0, 0.1) is 0 Å². The highest BCUT2D eigenvalue weighted by Gasteiger charge is 2.26. The Kier molecular flexibility index (Phi) is 6.74. The van der Waals surface area contributed by atoms with E-state index in [0.717, 1.165) is 13.1 Å². The Bertz CT molecular complexity index is 758. The van der Waals surface area contributed by atoms with Crippen molar-refractivity contribution in [1.82, 2.24) is 4.90 Å². The second-order valence-corrected chi connectivity index (χ2v) is 6.70. The zero-order valence-electron chi connectivity index (χ0n) is 15.6. The third kappa shape index (κ3) is 5.49. The van der Waals surface area contributed by atoms with Crippen LogP contribution in [0.15, 0.2) is 54.6 Å². The minimum absolute atomic E-state index is 0.00498. The number of benzene rings is 2. The highest BCUT2D eigenvalue weighted by Crippen LogP contribution is 2.16. The summed E-state index contributed by atoms with van der Waals surface area (Å²) in [6, 6.07) is 17.2. The minimum Gasteiger partial charge on any atom is -0.497 e. The first kappa shape index (κ1) is 19.3. The van der Waals surface area contributed by atoms with Crippen LogP contribution in [0.5, 0.6) is 5.75 Å². The molecule has 5 nitrogen and oxygen atoms in total. The molecule has 2 aromatic carbocycles. The van der Waals surface area contributed by atoms with Crippen LogP contribution in [-0.4, -0.2) is 49.4 Å². The summed E-state index contributed by atoms with van der Waals surface area (Å²) in [6.07, 6.45) is -0.0515. The molecule has 0 bridgehead atoms. The summed E-state index contributed by atoms with van der Waals surface area (Å²) < 4.78 is 10.7. The molecular formula is C22H25NO4. The van der Waals surface area contributed by atoms with Gasteiger partial charge in [-0.2, -0.15) is 0 Å². The fourth-order valence-electron chi connectivity index (χ4n) is 3.20. The van der Waals surface area contributed by atoms with Gasteiger partial charge >= 0.3 is 0 Å². The van der Waals surface area contributed by atoms with Gasteiger partial charge in [0.15, 0.2) is 11.6 Å². The third-order valence-corrected chi connectivity index (χ3v) is 4.77. The van der Waals surface area contributed by atoms with Gasteiger partial charge in [-0.15, -0.1) is 0 Å². The monoisotopic (exact) mass is 367 g/mol. The van der Waals surface area contributed by atoms with Gasteiger partial charge in [0.2, 0.25) is 0 Å². The van der Waals surface area contributed by atoms with Crippen LogP contribution in [0.4, 0.5) is 0 Å². The van der Waals surface area contributed by atoms with E-state index in [9.17, 15) is 9.59 Å². The number of ether oxygens (including phenoxy) is 2. The lowest BCUT2D eigenvalue weighted by Crippen LogP contribution is -2.45. The quantitative estimate of drug-likeness (QED) is 0.671. The lowest BCUT2D eigenvalue weighted by molar-refractivity contribution is -0.136. The first-order valence-corrected chi connectivity index (χ1v) is 9.23. The predicted molar refractivity (Wildman–Crippen MR) is 103 cm³/mol. The van der Waals surface area contributed by atoms with E-state index in [1.807, 2.05) is 18.2 Å². The van der Waals surface area contributed by atoms with E-state index in [2.05, 4.69) is 17.0 Å². The predicted octanol–water partition coefficient (Wildman–Crippen LogP) is 3.13. The Morgan fingerprint density at radius 3 is 2.52 bits per heavy atom. The van der Waals surface area contributed by atoms with Crippen molar-refractivity contribution < 1.29 is 19.1 Å². The van der Waals surface area contributed by atoms with Crippen molar-refractivity contribution in [3.05, 3.63) is 65.7 Å². The molecule has 1 unspecified atom stereocenters. The largest absolute Gasteiger partial charge is 0.497 e. The summed E-state index contributed by atoms with van der Waals surface area (Å²) >= 11 is 0. The van der Waals surface area contributed by atoms with E-state index in [1.54, 1.807) is 31.4 Å². The number of hydrogen-bond donors (Lipinski definition) is 0. The van der Waals surface area contributed by atoms with Crippen molar-refractivity contribution in [2.45, 2.75) is 25.5 Å². The van der Waals surface area contributed by atoms with Gasteiger partial charge < -0.3 is 9.47 Å². The average Bonchev–Trinajstić information content (AvgIpc) is 2.72. The molecule has 0 saturated carbocycles. The molecule has 1 aliphatic rings. The first-order chi connectivity index (χ1) is 13.2. The highest BCUT2D eigenvalue weighted by atomic mass is 16.5. The molecule has 0 radical (unpaired) electrons. The number of methoxy groups -OCH3 is 1. The molecule has 5 heteroatoms. The van der Waals surface area contributed by atoms with Crippen LogP contribution >= 0.6 is 0 Å². The van der Waals surface area contributed by atoms with Gasteiger partial charge in [-0.3, -0.25) is 14.5 Å². The maximum absolute atomic E-state index is 12.5. The maximum atomic E-state index is 12.5. The molecule has 0 spiro atoms. The van der Waals surface area contributed by atoms with Crippen molar-refractivity contribution in [3.8, 4) is 5.75 Å². The van der Waals surface area contributed by atoms with Gasteiger partial charge in [0.05, 0.1) is 13.7 Å². The topological polar surface area (TPSA) is 55.8 Å². The summed E-state index contributed by atoms with van der Waals surface area (Å²) in [5.41, 5.74) is 1.82. The summed E-state index contributed by atoms with van der Waals surface area (Å²) in [5, 5.41) is 0. The van der Waals surface area contributed by atoms with Crippen LogP contribution in [0.1, 0.15) is 28.8 Å². The number of rotatable bonds is 8. The molecule has 2 aromatic rings. The van der Waals surface area contributed by atoms with E-state index in [1.165, 1.54) is 5.56 Å². The third-order valence-electron chi connectivity index (χ3n) is 4.77. The van der Waals surface area contributed by atoms with E-state index >= 15 is 0 Å². The van der Waals surface area contributed by atoms with Crippen LogP contribution in [-0.2, 0) is 16.1 Å². The van der Waals surface area contributed by atoms with Crippen LogP contribution in [0.2, 0.25) is 0 Å². The molecular weight excluding hydrogens is 342 g/mol. The molecule has 0 aliphatic carbocycles. The van der Waals surface area contributed by atoms with Crippen molar-refractivity contribution in [2.24, 2.45) is 0 Å². The van der Waals surface area contributed by atoms with Gasteiger partial charge in [-0.05, 0) is 29.8 Å². The summed E-state index contributed by atoms with van der Waals surface area (Å²) in [7, 11) is 1.58. The normalized spacial score (nSPS) is 17.4. The second-order valence-electron chi connectivity index (χ2n) is 6.70. The molecule has 0 aromatic heterocycles. The van der Waals surface area contributed by atoms with E-state index < -0.39 is 6.10 Å². The van der Waals surface area contributed by atoms with Crippen molar-refractivity contribution >= 4 is 11.6 Å². The van der Waals surface area contributed by atoms with Gasteiger partial charge in [0.25, 0.3) is 0 Å². The Hall–Kier alpha value is -2.50. The van der Waals surface area contributed by atoms with Crippen molar-refractivity contribution in [3.63, 3.8) is 0 Å². The Labute approximate surface area is 159 Å². The van der Waals surface area contributed by atoms with Crippen LogP contribution < -0.4 is 4.74 Å². The lowest BCUT2D eigenvalue weighted by Gasteiger charge is -2.32. The molecule has 1 saturated heterocycles. The lowest BCUT2D eigenvalue weighted by atomic mass is 10.0. The van der Waals surface area contributed by atoms with E-state index in [4.69, 9.17) is 9.47 Å². The molecule has 1 aliphatic heterocycles. The van der Waals surface area contributed by atoms with Gasteiger partial charge in [-0.1, -0.05) is 30.3 Å². The van der Waals surface area contributed by atoms with Crippen LogP contribution in [0.25, 0.3) is 0 Å². The molecule has 1 fully saturated rings. The SMILES string of the molecule is COc1ccc(C(=O)CCC(=O)C2CN(Cc3ccccc3)CCO2)cc1. The Balaban J connectivity index is 1.48. The fourth-order valence-corrected chi connectivity index (χ4v) is 3.20. The maximum Gasteiger partial charge on any atom is 0.163 e. The molecule has 0 N–H and O–H groups in total. The molecule has 142 valence electrons. The number of ketones is 2. The minimum atomic E-state index is -0.453. The molecule has 27 heavy (non-hydrogen) atoms. The van der Waals surface area contributed by atoms with Crippen LogP contribution in [0.3, 0.4) is 0 Å². The molecule has 1 atom stereocenters. The van der Waals surface area contributed by atoms with E-state index in [0.29, 0.717) is 24.5 Å². The number of hydrogen-bond acceptors (Lipinski definition) is 5. The molecule has 0 amide bonds. The summed E-state index contributed by atoms with van der Waals surface area (Å²) in [4.78, 5) is 27.0. The number of nitrogens with zero attached hydrogens (tertiary/aromatic N) is 1. The van der Waals surface area contributed by atoms with Gasteiger partial charge in [0.1, 0.15) is 11.9 Å². The smallest absolute Gasteiger partial charge is 0.163 e. The zero-order valence-corrected chi connectivity index (χ0v) is 15.6. The number of carbonyl (C=O) groups is 2. The Morgan fingerprint density at radius 1 is 1.07 bits per heavy atom. The van der Waals surface area contributed by atoms with E-state index in [-0.39, 0.29) is 24.4 Å². The van der Waals surface area contributed by atoms with Gasteiger partial charge in [-0.25, -0.2) is 0 Å². The number of Topliss-reactive ketones (excluding diaryl/α,β-unsaturated/α-hetero) is 2. The van der Waals surface area contributed by atoms with Crippen molar-refractivity contribution in [1.29, 1.82) is 0 Å². The van der Waals surface area contributed by atoms with Gasteiger partial charge in [0, 0.05) is 38.0 Å². The highest BCUT2D eigenvalue weighted by molar-refractivity contribution is 5.98. The zero-order chi connectivity index (χ0) is 19.1. The molecule has 1 heterocycles. The first-order valence-electron chi connectivity index (χ1n) is 9.23.